The predicted molar refractivity (Wildman–Crippen MR) is 95.8 cm³/mol. The van der Waals surface area contributed by atoms with Crippen molar-refractivity contribution in [1.29, 1.82) is 0 Å². The van der Waals surface area contributed by atoms with Gasteiger partial charge in [0.2, 0.25) is 0 Å². The highest BCUT2D eigenvalue weighted by Crippen LogP contribution is 2.33. The SMILES string of the molecule is COC(=O)C[C@H](O)C(=O)OC[C@H]1O[C@@H]([n+]2cccc(C(=O)O)c2)[C@H](OC(C)=O)[C@@H]1C. The summed E-state index contributed by atoms with van der Waals surface area (Å²) in [5.74, 6) is -3.91. The molecule has 1 aromatic rings. The zero-order valence-corrected chi connectivity index (χ0v) is 16.7. The highest BCUT2D eigenvalue weighted by molar-refractivity contribution is 5.86. The van der Waals surface area contributed by atoms with Crippen molar-refractivity contribution < 1.29 is 52.9 Å². The summed E-state index contributed by atoms with van der Waals surface area (Å²) in [7, 11) is 1.13. The van der Waals surface area contributed by atoms with Crippen LogP contribution in [0.25, 0.3) is 0 Å². The van der Waals surface area contributed by atoms with Crippen LogP contribution in [0.3, 0.4) is 0 Å². The Labute approximate surface area is 172 Å². The summed E-state index contributed by atoms with van der Waals surface area (Å²) >= 11 is 0. The Kier molecular flexibility index (Phi) is 7.84. The largest absolute Gasteiger partial charge is 0.477 e. The average molecular weight is 426 g/mol. The summed E-state index contributed by atoms with van der Waals surface area (Å²) in [5.41, 5.74) is 0.0103. The number of ether oxygens (including phenoxy) is 4. The number of hydrogen-bond donors (Lipinski definition) is 2. The second-order valence-corrected chi connectivity index (χ2v) is 6.77. The van der Waals surface area contributed by atoms with Crippen LogP contribution in [-0.4, -0.2) is 66.1 Å². The fourth-order valence-electron chi connectivity index (χ4n) is 3.00. The van der Waals surface area contributed by atoms with Gasteiger partial charge >= 0.3 is 30.1 Å². The van der Waals surface area contributed by atoms with E-state index in [1.54, 1.807) is 13.1 Å². The van der Waals surface area contributed by atoms with E-state index in [4.69, 9.17) is 14.2 Å². The lowest BCUT2D eigenvalue weighted by Crippen LogP contribution is -2.46. The molecule has 1 aromatic heterocycles. The molecule has 0 amide bonds. The standard InChI is InChI=1S/C19H23NO10/c1-10-14(9-28-19(26)13(22)7-15(23)27-3)30-17(16(10)29-11(2)21)20-6-4-5-12(8-20)18(24)25/h4-6,8,10,13-14,16-17,22H,7,9H2,1-3H3/p+1/t10-,13+,14-,16-,17-/m1/s1. The molecule has 2 heterocycles. The molecular weight excluding hydrogens is 402 g/mol. The molecule has 0 aromatic carbocycles. The van der Waals surface area contributed by atoms with E-state index >= 15 is 0 Å². The van der Waals surface area contributed by atoms with Crippen molar-refractivity contribution in [3.05, 3.63) is 30.1 Å². The molecule has 0 unspecified atom stereocenters. The quantitative estimate of drug-likeness (QED) is 0.319. The lowest BCUT2D eigenvalue weighted by atomic mass is 10.0. The number of carbonyl (C=O) groups excluding carboxylic acids is 3. The molecule has 0 radical (unpaired) electrons. The van der Waals surface area contributed by atoms with Crippen molar-refractivity contribution in [2.75, 3.05) is 13.7 Å². The monoisotopic (exact) mass is 426 g/mol. The van der Waals surface area contributed by atoms with Crippen LogP contribution in [0.5, 0.6) is 0 Å². The smallest absolute Gasteiger partial charge is 0.341 e. The van der Waals surface area contributed by atoms with Crippen LogP contribution in [0.1, 0.15) is 36.9 Å². The Morgan fingerprint density at radius 1 is 1.30 bits per heavy atom. The maximum Gasteiger partial charge on any atom is 0.341 e. The molecule has 164 valence electrons. The summed E-state index contributed by atoms with van der Waals surface area (Å²) in [6.45, 7) is 2.68. The van der Waals surface area contributed by atoms with E-state index in [1.807, 2.05) is 0 Å². The summed E-state index contributed by atoms with van der Waals surface area (Å²) in [5, 5.41) is 18.9. The molecule has 1 saturated heterocycles. The molecule has 2 N–H and O–H groups in total. The molecule has 0 aliphatic carbocycles. The topological polar surface area (TPSA) is 150 Å². The number of aromatic carboxylic acids is 1. The highest BCUT2D eigenvalue weighted by atomic mass is 16.6. The number of nitrogens with zero attached hydrogens (tertiary/aromatic N) is 1. The Hall–Kier alpha value is -3.05. The van der Waals surface area contributed by atoms with Gasteiger partial charge in [-0.3, -0.25) is 9.59 Å². The van der Waals surface area contributed by atoms with Crippen molar-refractivity contribution in [3.63, 3.8) is 0 Å². The van der Waals surface area contributed by atoms with Crippen LogP contribution in [0.15, 0.2) is 24.5 Å². The molecular formula is C19H24NO10+. The van der Waals surface area contributed by atoms with Gasteiger partial charge in [0.05, 0.1) is 13.5 Å². The molecule has 0 saturated carbocycles. The number of carboxylic acid groups (broad SMARTS) is 1. The van der Waals surface area contributed by atoms with Gasteiger partial charge in [0, 0.05) is 18.9 Å². The maximum absolute atomic E-state index is 11.9. The molecule has 30 heavy (non-hydrogen) atoms. The van der Waals surface area contributed by atoms with Gasteiger partial charge in [0.15, 0.2) is 24.6 Å². The van der Waals surface area contributed by atoms with Gasteiger partial charge in [-0.1, -0.05) is 6.92 Å². The van der Waals surface area contributed by atoms with Crippen molar-refractivity contribution in [2.45, 2.75) is 44.8 Å². The third-order valence-corrected chi connectivity index (χ3v) is 4.61. The first-order chi connectivity index (χ1) is 14.1. The number of carboxylic acids is 1. The van der Waals surface area contributed by atoms with E-state index in [0.717, 1.165) is 7.11 Å². The molecule has 11 nitrogen and oxygen atoms in total. The number of carbonyl (C=O) groups is 4. The predicted octanol–water partition coefficient (Wildman–Crippen LogP) is -0.395. The first-order valence-electron chi connectivity index (χ1n) is 9.12. The number of rotatable bonds is 8. The molecule has 0 spiro atoms. The average Bonchev–Trinajstić information content (AvgIpc) is 3.01. The van der Waals surface area contributed by atoms with Gasteiger partial charge in [-0.2, -0.15) is 4.57 Å². The fraction of sp³-hybridized carbons (Fsp3) is 0.526. The molecule has 1 fully saturated rings. The van der Waals surface area contributed by atoms with E-state index in [2.05, 4.69) is 4.74 Å². The summed E-state index contributed by atoms with van der Waals surface area (Å²) in [6, 6.07) is 2.92. The number of esters is 3. The van der Waals surface area contributed by atoms with Crippen LogP contribution in [0.4, 0.5) is 0 Å². The third-order valence-electron chi connectivity index (χ3n) is 4.61. The molecule has 1 aliphatic heterocycles. The number of methoxy groups -OCH3 is 1. The van der Waals surface area contributed by atoms with Crippen LogP contribution < -0.4 is 4.57 Å². The number of hydrogen-bond acceptors (Lipinski definition) is 9. The Balaban J connectivity index is 2.12. The minimum absolute atomic E-state index is 0.0103. The zero-order valence-electron chi connectivity index (χ0n) is 16.7. The van der Waals surface area contributed by atoms with Gasteiger partial charge < -0.3 is 29.2 Å². The third kappa shape index (κ3) is 5.74. The van der Waals surface area contributed by atoms with E-state index < -0.39 is 60.8 Å². The first-order valence-corrected chi connectivity index (χ1v) is 9.12. The van der Waals surface area contributed by atoms with Crippen molar-refractivity contribution in [1.82, 2.24) is 0 Å². The van der Waals surface area contributed by atoms with Crippen molar-refractivity contribution >= 4 is 23.9 Å². The Morgan fingerprint density at radius 3 is 2.60 bits per heavy atom. The molecule has 11 heteroatoms. The van der Waals surface area contributed by atoms with Crippen LogP contribution in [0, 0.1) is 5.92 Å². The lowest BCUT2D eigenvalue weighted by Gasteiger charge is -2.18. The van der Waals surface area contributed by atoms with E-state index in [0.29, 0.717) is 0 Å². The highest BCUT2D eigenvalue weighted by Gasteiger charge is 2.50. The Morgan fingerprint density at radius 2 is 2.00 bits per heavy atom. The van der Waals surface area contributed by atoms with Gasteiger partial charge in [0.25, 0.3) is 0 Å². The van der Waals surface area contributed by atoms with Gasteiger partial charge in [0.1, 0.15) is 18.3 Å². The first kappa shape index (κ1) is 23.2. The molecule has 2 rings (SSSR count). The fourth-order valence-corrected chi connectivity index (χ4v) is 3.00. The zero-order chi connectivity index (χ0) is 22.4. The Bertz CT molecular complexity index is 810. The number of aliphatic hydroxyl groups is 1. The lowest BCUT2D eigenvalue weighted by molar-refractivity contribution is -0.765. The van der Waals surface area contributed by atoms with Crippen molar-refractivity contribution in [3.8, 4) is 0 Å². The molecule has 5 atom stereocenters. The number of aromatic nitrogens is 1. The molecule has 1 aliphatic rings. The summed E-state index contributed by atoms with van der Waals surface area (Å²) < 4.78 is 22.1. The van der Waals surface area contributed by atoms with E-state index in [1.165, 1.54) is 29.8 Å². The van der Waals surface area contributed by atoms with E-state index in [-0.39, 0.29) is 12.2 Å². The van der Waals surface area contributed by atoms with Gasteiger partial charge in [-0.15, -0.1) is 0 Å². The maximum atomic E-state index is 11.9. The summed E-state index contributed by atoms with van der Waals surface area (Å²) in [4.78, 5) is 45.8. The van der Waals surface area contributed by atoms with E-state index in [9.17, 15) is 29.4 Å². The van der Waals surface area contributed by atoms with Crippen LogP contribution in [-0.2, 0) is 33.3 Å². The second-order valence-electron chi connectivity index (χ2n) is 6.77. The number of pyridine rings is 1. The van der Waals surface area contributed by atoms with Gasteiger partial charge in [-0.05, 0) is 6.07 Å². The van der Waals surface area contributed by atoms with Crippen LogP contribution in [0.2, 0.25) is 0 Å². The van der Waals surface area contributed by atoms with Gasteiger partial charge in [-0.25, -0.2) is 9.59 Å². The van der Waals surface area contributed by atoms with Crippen molar-refractivity contribution in [2.24, 2.45) is 5.92 Å². The minimum atomic E-state index is -1.68. The van der Waals surface area contributed by atoms with Crippen LogP contribution >= 0.6 is 0 Å². The normalized spacial score (nSPS) is 24.0. The second kappa shape index (κ2) is 10.1. The minimum Gasteiger partial charge on any atom is -0.477 e. The molecule has 0 bridgehead atoms. The number of aliphatic hydroxyl groups excluding tert-OH is 1. The summed E-state index contributed by atoms with van der Waals surface area (Å²) in [6.07, 6.45) is -1.68.